The van der Waals surface area contributed by atoms with E-state index in [2.05, 4.69) is 32.5 Å². The lowest BCUT2D eigenvalue weighted by molar-refractivity contribution is -0.0385. The van der Waals surface area contributed by atoms with Crippen LogP contribution in [0, 0.1) is 5.92 Å². The second-order valence-corrected chi connectivity index (χ2v) is 11.8. The van der Waals surface area contributed by atoms with Crippen LogP contribution in [0.4, 0.5) is 8.78 Å². The Labute approximate surface area is 238 Å². The third-order valence-corrected chi connectivity index (χ3v) is 8.70. The van der Waals surface area contributed by atoms with E-state index >= 15 is 0 Å². The third kappa shape index (κ3) is 5.31. The summed E-state index contributed by atoms with van der Waals surface area (Å²) in [5.74, 6) is 0.817. The highest BCUT2D eigenvalue weighted by Crippen LogP contribution is 2.36. The zero-order valence-corrected chi connectivity index (χ0v) is 23.5. The number of hydrogen-bond acceptors (Lipinski definition) is 8. The zero-order valence-electron chi connectivity index (χ0n) is 23.5. The van der Waals surface area contributed by atoms with Crippen molar-refractivity contribution in [2.24, 2.45) is 21.6 Å². The lowest BCUT2D eigenvalue weighted by Crippen LogP contribution is -2.69. The number of benzene rings is 1. The number of alkyl halides is 2. The van der Waals surface area contributed by atoms with Crippen LogP contribution in [0.15, 0.2) is 52.9 Å². The second-order valence-electron chi connectivity index (χ2n) is 11.8. The Kier molecular flexibility index (Phi) is 7.47. The fourth-order valence-electron chi connectivity index (χ4n) is 6.48. The Hall–Kier alpha value is -3.48. The molecule has 0 spiro atoms. The number of carbonyl (C=O) groups excluding carboxylic acids is 1. The van der Waals surface area contributed by atoms with E-state index < -0.39 is 6.43 Å². The Bertz CT molecular complexity index is 1370. The summed E-state index contributed by atoms with van der Waals surface area (Å²) in [5, 5.41) is 7.88. The van der Waals surface area contributed by atoms with Gasteiger partial charge in [0.15, 0.2) is 0 Å². The molecule has 2 saturated heterocycles. The normalized spacial score (nSPS) is 24.0. The van der Waals surface area contributed by atoms with Crippen molar-refractivity contribution in [1.82, 2.24) is 29.8 Å². The molecule has 1 aromatic carbocycles. The molecule has 5 heterocycles. The van der Waals surface area contributed by atoms with Gasteiger partial charge in [-0.05, 0) is 56.9 Å². The standard InChI is InChI=1S/C29H37F2N9O/c1-37(2)13-19-9-20(26(30)31)11-21(10-19)28(41)38-7-4-23(5-8-38)39-16-29(15-32,17-39)40-14-22(12-36-40)25-24-3-6-33-27(24)35-18-34-25/h3,6,9-12,14,18,23-26H,4-5,7-8,13,15-17,32H2,1-2H3,(H,33,34,35). The number of hydrogen-bond donors (Lipinski definition) is 2. The van der Waals surface area contributed by atoms with E-state index in [0.29, 0.717) is 43.3 Å². The van der Waals surface area contributed by atoms with E-state index in [1.54, 1.807) is 17.3 Å². The Balaban J connectivity index is 1.07. The van der Waals surface area contributed by atoms with E-state index in [0.717, 1.165) is 37.3 Å². The molecule has 4 aliphatic heterocycles. The monoisotopic (exact) mass is 565 g/mol. The highest BCUT2D eigenvalue weighted by atomic mass is 19.3. The molecule has 0 aliphatic carbocycles. The van der Waals surface area contributed by atoms with Crippen LogP contribution in [0.1, 0.15) is 52.4 Å². The summed E-state index contributed by atoms with van der Waals surface area (Å²) >= 11 is 0. The van der Waals surface area contributed by atoms with Crippen LogP contribution in [0.2, 0.25) is 0 Å². The van der Waals surface area contributed by atoms with Crippen molar-refractivity contribution in [2.45, 2.75) is 43.4 Å². The summed E-state index contributed by atoms with van der Waals surface area (Å²) in [6.45, 7) is 3.74. The van der Waals surface area contributed by atoms with Crippen LogP contribution in [-0.4, -0.2) is 95.4 Å². The van der Waals surface area contributed by atoms with E-state index in [4.69, 9.17) is 10.8 Å². The van der Waals surface area contributed by atoms with Gasteiger partial charge in [0.2, 0.25) is 0 Å². The van der Waals surface area contributed by atoms with Gasteiger partial charge in [0.05, 0.1) is 18.2 Å². The average Bonchev–Trinajstić information content (AvgIpc) is 3.63. The molecule has 41 heavy (non-hydrogen) atoms. The maximum Gasteiger partial charge on any atom is 0.263 e. The van der Waals surface area contributed by atoms with Crippen molar-refractivity contribution in [3.8, 4) is 0 Å². The van der Waals surface area contributed by atoms with E-state index in [-0.39, 0.29) is 29.0 Å². The van der Waals surface area contributed by atoms with Gasteiger partial charge >= 0.3 is 0 Å². The number of nitrogens with two attached hydrogens (primary N) is 1. The molecule has 3 N–H and O–H groups in total. The number of aromatic nitrogens is 2. The molecule has 0 saturated carbocycles. The summed E-state index contributed by atoms with van der Waals surface area (Å²) < 4.78 is 29.1. The predicted octanol–water partition coefficient (Wildman–Crippen LogP) is 2.37. The van der Waals surface area contributed by atoms with Crippen LogP contribution in [-0.2, 0) is 12.1 Å². The van der Waals surface area contributed by atoms with Gasteiger partial charge in [-0.3, -0.25) is 19.4 Å². The molecule has 12 heteroatoms. The molecular weight excluding hydrogens is 528 g/mol. The first-order valence-electron chi connectivity index (χ1n) is 14.1. The number of halogens is 2. The topological polar surface area (TPSA) is 107 Å². The summed E-state index contributed by atoms with van der Waals surface area (Å²) in [4.78, 5) is 28.4. The molecule has 10 nitrogen and oxygen atoms in total. The van der Waals surface area contributed by atoms with Gasteiger partial charge < -0.3 is 20.9 Å². The fourth-order valence-corrected chi connectivity index (χ4v) is 6.48. The van der Waals surface area contributed by atoms with Crippen molar-refractivity contribution in [3.05, 3.63) is 65.1 Å². The summed E-state index contributed by atoms with van der Waals surface area (Å²) in [6.07, 6.45) is 8.58. The number of likely N-dealkylation sites (tertiary alicyclic amines) is 2. The number of nitrogens with one attached hydrogen (secondary N) is 1. The molecule has 1 aromatic heterocycles. The minimum absolute atomic E-state index is 0.0595. The molecule has 0 bridgehead atoms. The van der Waals surface area contributed by atoms with Gasteiger partial charge in [0, 0.05) is 68.2 Å². The summed E-state index contributed by atoms with van der Waals surface area (Å²) in [7, 11) is 3.76. The second kappa shape index (κ2) is 11.1. The molecule has 2 unspecified atom stereocenters. The zero-order chi connectivity index (χ0) is 28.7. The minimum atomic E-state index is -2.62. The Morgan fingerprint density at radius 1 is 1.22 bits per heavy atom. The maximum absolute atomic E-state index is 13.5. The molecule has 2 aromatic rings. The lowest BCUT2D eigenvalue weighted by atomic mass is 9.86. The molecule has 2 atom stereocenters. The van der Waals surface area contributed by atoms with Crippen molar-refractivity contribution in [3.63, 3.8) is 0 Å². The molecule has 218 valence electrons. The summed E-state index contributed by atoms with van der Waals surface area (Å²) in [5.41, 5.74) is 8.01. The smallest absolute Gasteiger partial charge is 0.263 e. The van der Waals surface area contributed by atoms with Gasteiger partial charge in [0.25, 0.3) is 12.3 Å². The number of amides is 1. The van der Waals surface area contributed by atoms with Gasteiger partial charge in [-0.2, -0.15) is 5.10 Å². The maximum atomic E-state index is 13.5. The molecular formula is C29H37F2N9O. The SMILES string of the molecule is CN(C)Cc1cc(C(=O)N2CCC(N3CC(CN)(n4cc(C5N=CN=C6NC=CC65)cn4)C3)CC2)cc(C(F)F)c1. The first-order valence-corrected chi connectivity index (χ1v) is 14.1. The van der Waals surface area contributed by atoms with E-state index in [1.807, 2.05) is 36.1 Å². The fraction of sp³-hybridized carbons (Fsp3) is 0.517. The van der Waals surface area contributed by atoms with E-state index in [1.165, 1.54) is 12.1 Å². The number of amidine groups is 1. The van der Waals surface area contributed by atoms with Crippen molar-refractivity contribution < 1.29 is 13.6 Å². The largest absolute Gasteiger partial charge is 0.350 e. The molecule has 6 rings (SSSR count). The summed E-state index contributed by atoms with van der Waals surface area (Å²) in [6, 6.07) is 4.85. The number of aliphatic imine (C=N–C) groups is 2. The van der Waals surface area contributed by atoms with Gasteiger partial charge in [-0.15, -0.1) is 0 Å². The van der Waals surface area contributed by atoms with Gasteiger partial charge in [0.1, 0.15) is 17.7 Å². The number of piperidine rings is 1. The number of nitrogens with zero attached hydrogens (tertiary/aromatic N) is 7. The number of fused-ring (bicyclic) bond motifs is 1. The minimum Gasteiger partial charge on any atom is -0.350 e. The number of rotatable bonds is 8. The highest BCUT2D eigenvalue weighted by Gasteiger charge is 2.47. The van der Waals surface area contributed by atoms with E-state index in [9.17, 15) is 13.6 Å². The van der Waals surface area contributed by atoms with Crippen LogP contribution < -0.4 is 11.1 Å². The molecule has 1 amide bonds. The highest BCUT2D eigenvalue weighted by molar-refractivity contribution is 5.96. The van der Waals surface area contributed by atoms with Crippen LogP contribution in [0.5, 0.6) is 0 Å². The third-order valence-electron chi connectivity index (χ3n) is 8.70. The van der Waals surface area contributed by atoms with Gasteiger partial charge in [-0.25, -0.2) is 13.8 Å². The van der Waals surface area contributed by atoms with Crippen LogP contribution in [0.25, 0.3) is 0 Å². The van der Waals surface area contributed by atoms with Crippen LogP contribution in [0.3, 0.4) is 0 Å². The average molecular weight is 566 g/mol. The van der Waals surface area contributed by atoms with Crippen molar-refractivity contribution in [2.75, 3.05) is 46.8 Å². The van der Waals surface area contributed by atoms with Gasteiger partial charge in [-0.1, -0.05) is 6.08 Å². The molecule has 0 radical (unpaired) electrons. The Morgan fingerprint density at radius 3 is 2.71 bits per heavy atom. The van der Waals surface area contributed by atoms with Crippen LogP contribution >= 0.6 is 0 Å². The van der Waals surface area contributed by atoms with Crippen molar-refractivity contribution >= 4 is 18.1 Å². The quantitative estimate of drug-likeness (QED) is 0.509. The Morgan fingerprint density at radius 2 is 2.00 bits per heavy atom. The first kappa shape index (κ1) is 27.7. The lowest BCUT2D eigenvalue weighted by Gasteiger charge is -2.54. The first-order chi connectivity index (χ1) is 19.8. The molecule has 4 aliphatic rings. The molecule has 2 fully saturated rings. The number of carbonyl (C=O) groups is 1. The predicted molar refractivity (Wildman–Crippen MR) is 153 cm³/mol. The van der Waals surface area contributed by atoms with Crippen molar-refractivity contribution in [1.29, 1.82) is 0 Å².